The Labute approximate surface area is 159 Å². The van der Waals surface area contributed by atoms with Crippen molar-refractivity contribution in [1.29, 1.82) is 0 Å². The average Bonchev–Trinajstić information content (AvgIpc) is 3.15. The fourth-order valence-corrected chi connectivity index (χ4v) is 3.53. The molecule has 0 aliphatic carbocycles. The molecule has 2 heterocycles. The Morgan fingerprint density at radius 2 is 1.85 bits per heavy atom. The zero-order valence-electron chi connectivity index (χ0n) is 15.9. The van der Waals surface area contributed by atoms with Gasteiger partial charge in [-0.3, -0.25) is 4.90 Å². The lowest BCUT2D eigenvalue weighted by atomic mass is 9.95. The highest BCUT2D eigenvalue weighted by molar-refractivity contribution is 5.95. The first kappa shape index (κ1) is 19.2. The quantitative estimate of drug-likeness (QED) is 0.717. The van der Waals surface area contributed by atoms with E-state index in [0.29, 0.717) is 24.4 Å². The second kappa shape index (κ2) is 8.90. The number of hydrogen-bond donors (Lipinski definition) is 2. The van der Waals surface area contributed by atoms with Gasteiger partial charge in [-0.05, 0) is 57.5 Å². The molecule has 2 aliphatic rings. The van der Waals surface area contributed by atoms with Gasteiger partial charge in [-0.25, -0.2) is 9.59 Å². The van der Waals surface area contributed by atoms with Crippen LogP contribution in [-0.4, -0.2) is 49.7 Å². The third-order valence-electron chi connectivity index (χ3n) is 4.75. The summed E-state index contributed by atoms with van der Waals surface area (Å²) in [6.45, 7) is 7.04. The predicted octanol–water partition coefficient (Wildman–Crippen LogP) is 2.35. The Kier molecular flexibility index (Phi) is 6.34. The molecule has 1 unspecified atom stereocenters. The molecule has 0 radical (unpaired) electrons. The number of amides is 2. The van der Waals surface area contributed by atoms with Gasteiger partial charge < -0.3 is 20.1 Å². The van der Waals surface area contributed by atoms with Crippen LogP contribution < -0.4 is 15.4 Å². The van der Waals surface area contributed by atoms with Gasteiger partial charge in [0, 0.05) is 12.2 Å². The van der Waals surface area contributed by atoms with Gasteiger partial charge in [-0.15, -0.1) is 0 Å². The Morgan fingerprint density at radius 1 is 1.15 bits per heavy atom. The molecule has 1 fully saturated rings. The number of esters is 1. The van der Waals surface area contributed by atoms with E-state index in [1.807, 2.05) is 31.2 Å². The van der Waals surface area contributed by atoms with Crippen LogP contribution in [0.25, 0.3) is 0 Å². The number of hydrogen-bond acceptors (Lipinski definition) is 5. The molecular formula is C20H27N3O4. The highest BCUT2D eigenvalue weighted by Crippen LogP contribution is 2.29. The molecule has 7 nitrogen and oxygen atoms in total. The highest BCUT2D eigenvalue weighted by Gasteiger charge is 2.34. The molecular weight excluding hydrogens is 346 g/mol. The largest absolute Gasteiger partial charge is 0.494 e. The van der Waals surface area contributed by atoms with Crippen molar-refractivity contribution in [3.8, 4) is 5.75 Å². The van der Waals surface area contributed by atoms with Gasteiger partial charge in [0.25, 0.3) is 0 Å². The monoisotopic (exact) mass is 373 g/mol. The third kappa shape index (κ3) is 4.60. The van der Waals surface area contributed by atoms with Crippen molar-refractivity contribution in [2.75, 3.05) is 32.8 Å². The molecule has 0 aromatic heterocycles. The van der Waals surface area contributed by atoms with Gasteiger partial charge in [-0.2, -0.15) is 0 Å². The first-order valence-corrected chi connectivity index (χ1v) is 9.55. The fourth-order valence-electron chi connectivity index (χ4n) is 3.53. The first-order chi connectivity index (χ1) is 13.1. The van der Waals surface area contributed by atoms with Crippen molar-refractivity contribution in [2.24, 2.45) is 0 Å². The van der Waals surface area contributed by atoms with Crippen LogP contribution in [0.4, 0.5) is 4.79 Å². The van der Waals surface area contributed by atoms with E-state index in [0.717, 1.165) is 37.2 Å². The number of nitrogens with zero attached hydrogens (tertiary/aromatic N) is 1. The number of likely N-dealkylation sites (tertiary alicyclic amines) is 1. The summed E-state index contributed by atoms with van der Waals surface area (Å²) in [6.07, 6.45) is 2.27. The van der Waals surface area contributed by atoms with E-state index >= 15 is 0 Å². The van der Waals surface area contributed by atoms with E-state index in [4.69, 9.17) is 9.47 Å². The number of rotatable bonds is 7. The molecule has 2 aliphatic heterocycles. The Hall–Kier alpha value is -2.54. The Morgan fingerprint density at radius 3 is 2.48 bits per heavy atom. The van der Waals surface area contributed by atoms with Gasteiger partial charge in [-0.1, -0.05) is 12.1 Å². The molecule has 7 heteroatoms. The molecule has 27 heavy (non-hydrogen) atoms. The van der Waals surface area contributed by atoms with Crippen molar-refractivity contribution in [2.45, 2.75) is 32.7 Å². The van der Waals surface area contributed by atoms with Gasteiger partial charge >= 0.3 is 12.0 Å². The van der Waals surface area contributed by atoms with Crippen LogP contribution in [0.3, 0.4) is 0 Å². The summed E-state index contributed by atoms with van der Waals surface area (Å²) in [5.41, 5.74) is 1.90. The maximum atomic E-state index is 12.7. The summed E-state index contributed by atoms with van der Waals surface area (Å²) in [7, 11) is 0. The number of benzene rings is 1. The maximum absolute atomic E-state index is 12.7. The molecule has 1 atom stereocenters. The average molecular weight is 373 g/mol. The second-order valence-corrected chi connectivity index (χ2v) is 6.63. The fraction of sp³-hybridized carbons (Fsp3) is 0.500. The minimum atomic E-state index is -0.550. The van der Waals surface area contributed by atoms with E-state index in [1.165, 1.54) is 0 Å². The third-order valence-corrected chi connectivity index (χ3v) is 4.75. The molecule has 146 valence electrons. The smallest absolute Gasteiger partial charge is 0.338 e. The van der Waals surface area contributed by atoms with Gasteiger partial charge in [0.05, 0.1) is 24.8 Å². The predicted molar refractivity (Wildman–Crippen MR) is 101 cm³/mol. The van der Waals surface area contributed by atoms with Crippen LogP contribution in [0.2, 0.25) is 0 Å². The molecule has 2 amide bonds. The number of carbonyl (C=O) groups is 2. The standard InChI is InChI=1S/C20H27N3O4/c1-3-26-15-9-7-14(8-10-15)18-17(19(24)27-4-2)16(21-20(25)22-18)13-23-11-5-6-12-23/h7-10,18H,3-6,11-13H2,1-2H3,(H2,21,22,25). The maximum Gasteiger partial charge on any atom is 0.338 e. The van der Waals surface area contributed by atoms with E-state index in [9.17, 15) is 9.59 Å². The lowest BCUT2D eigenvalue weighted by Gasteiger charge is -2.31. The zero-order chi connectivity index (χ0) is 19.2. The van der Waals surface area contributed by atoms with Crippen molar-refractivity contribution < 1.29 is 19.1 Å². The number of nitrogens with one attached hydrogen (secondary N) is 2. The molecule has 1 aromatic rings. The number of ether oxygens (including phenoxy) is 2. The van der Waals surface area contributed by atoms with Gasteiger partial charge in [0.2, 0.25) is 0 Å². The summed E-state index contributed by atoms with van der Waals surface area (Å²) in [5, 5.41) is 5.69. The van der Waals surface area contributed by atoms with E-state index in [-0.39, 0.29) is 12.6 Å². The van der Waals surface area contributed by atoms with Crippen LogP contribution in [0.5, 0.6) is 5.75 Å². The molecule has 2 N–H and O–H groups in total. The summed E-state index contributed by atoms with van der Waals surface area (Å²) in [5.74, 6) is 0.346. The van der Waals surface area contributed by atoms with E-state index in [2.05, 4.69) is 15.5 Å². The van der Waals surface area contributed by atoms with Crippen molar-refractivity contribution >= 4 is 12.0 Å². The Bertz CT molecular complexity index is 708. The lowest BCUT2D eigenvalue weighted by molar-refractivity contribution is -0.139. The normalized spacial score (nSPS) is 20.2. The van der Waals surface area contributed by atoms with Crippen molar-refractivity contribution in [1.82, 2.24) is 15.5 Å². The van der Waals surface area contributed by atoms with E-state index < -0.39 is 12.0 Å². The summed E-state index contributed by atoms with van der Waals surface area (Å²) in [6, 6.07) is 6.57. The minimum Gasteiger partial charge on any atom is -0.494 e. The minimum absolute atomic E-state index is 0.281. The molecule has 3 rings (SSSR count). The first-order valence-electron chi connectivity index (χ1n) is 9.55. The van der Waals surface area contributed by atoms with Crippen LogP contribution >= 0.6 is 0 Å². The van der Waals surface area contributed by atoms with Crippen LogP contribution in [0.15, 0.2) is 35.5 Å². The molecule has 1 saturated heterocycles. The molecule has 1 aromatic carbocycles. The topological polar surface area (TPSA) is 79.9 Å². The Balaban J connectivity index is 1.94. The van der Waals surface area contributed by atoms with Crippen molar-refractivity contribution in [3.05, 3.63) is 41.1 Å². The zero-order valence-corrected chi connectivity index (χ0v) is 15.9. The molecule has 0 saturated carbocycles. The van der Waals surface area contributed by atoms with Crippen molar-refractivity contribution in [3.63, 3.8) is 0 Å². The van der Waals surface area contributed by atoms with Crippen LogP contribution in [0.1, 0.15) is 38.3 Å². The molecule has 0 bridgehead atoms. The molecule has 0 spiro atoms. The van der Waals surface area contributed by atoms with Gasteiger partial charge in [0.1, 0.15) is 5.75 Å². The summed E-state index contributed by atoms with van der Waals surface area (Å²) in [4.78, 5) is 27.2. The number of urea groups is 1. The van der Waals surface area contributed by atoms with E-state index in [1.54, 1.807) is 6.92 Å². The number of carbonyl (C=O) groups excluding carboxylic acids is 2. The second-order valence-electron chi connectivity index (χ2n) is 6.63. The lowest BCUT2D eigenvalue weighted by Crippen LogP contribution is -2.48. The summed E-state index contributed by atoms with van der Waals surface area (Å²) >= 11 is 0. The SMILES string of the molecule is CCOC(=O)C1=C(CN2CCCC2)NC(=O)NC1c1ccc(OCC)cc1. The highest BCUT2D eigenvalue weighted by atomic mass is 16.5. The van der Waals surface area contributed by atoms with Crippen LogP contribution in [0, 0.1) is 0 Å². The summed E-state index contributed by atoms with van der Waals surface area (Å²) < 4.78 is 10.8. The van der Waals surface area contributed by atoms with Gasteiger partial charge in [0.15, 0.2) is 0 Å². The van der Waals surface area contributed by atoms with Crippen LogP contribution in [-0.2, 0) is 9.53 Å².